The van der Waals surface area contributed by atoms with Crippen molar-refractivity contribution in [1.82, 2.24) is 0 Å². The van der Waals surface area contributed by atoms with E-state index in [0.29, 0.717) is 17.9 Å². The molecule has 1 aliphatic heterocycles. The number of rotatable bonds is 6. The van der Waals surface area contributed by atoms with Crippen molar-refractivity contribution in [1.29, 1.82) is 0 Å². The van der Waals surface area contributed by atoms with Crippen molar-refractivity contribution < 1.29 is 21.6 Å². The fourth-order valence-corrected chi connectivity index (χ4v) is 5.75. The maximum absolute atomic E-state index is 12.9. The third-order valence-electron chi connectivity index (χ3n) is 4.72. The molecule has 28 heavy (non-hydrogen) atoms. The predicted molar refractivity (Wildman–Crippen MR) is 110 cm³/mol. The molecule has 1 N–H and O–H groups in total. The first-order chi connectivity index (χ1) is 13.2. The van der Waals surface area contributed by atoms with E-state index in [1.165, 1.54) is 17.5 Å². The van der Waals surface area contributed by atoms with Crippen molar-refractivity contribution in [3.8, 4) is 5.75 Å². The Balaban J connectivity index is 2.00. The van der Waals surface area contributed by atoms with Crippen molar-refractivity contribution in [2.24, 2.45) is 0 Å². The van der Waals surface area contributed by atoms with Gasteiger partial charge >= 0.3 is 0 Å². The molecule has 3 rings (SSSR count). The van der Waals surface area contributed by atoms with Gasteiger partial charge in [-0.05, 0) is 62.1 Å². The number of aryl methyl sites for hydroxylation is 2. The zero-order chi connectivity index (χ0) is 20.5. The Bertz CT molecular complexity index is 1100. The summed E-state index contributed by atoms with van der Waals surface area (Å²) in [4.78, 5) is 0.0331. The van der Waals surface area contributed by atoms with Gasteiger partial charge in [0.1, 0.15) is 10.6 Å². The van der Waals surface area contributed by atoms with Gasteiger partial charge in [-0.3, -0.25) is 9.03 Å². The normalized spacial score (nSPS) is 14.5. The van der Waals surface area contributed by atoms with Gasteiger partial charge in [0.05, 0.1) is 24.2 Å². The summed E-state index contributed by atoms with van der Waals surface area (Å²) in [6, 6.07) is 9.92. The first kappa shape index (κ1) is 20.5. The minimum Gasteiger partial charge on any atom is -0.495 e. The summed E-state index contributed by atoms with van der Waals surface area (Å²) in [7, 11) is -5.92. The zero-order valence-electron chi connectivity index (χ0n) is 16.1. The number of anilines is 2. The maximum atomic E-state index is 12.9. The molecule has 2 aromatic carbocycles. The molecule has 0 bridgehead atoms. The number of fused-ring (bicyclic) bond motifs is 1. The van der Waals surface area contributed by atoms with Crippen LogP contribution in [-0.4, -0.2) is 36.2 Å². The summed E-state index contributed by atoms with van der Waals surface area (Å²) in [5.41, 5.74) is 2.51. The summed E-state index contributed by atoms with van der Waals surface area (Å²) in [6.07, 6.45) is 1.49. The Kier molecular flexibility index (Phi) is 5.58. The molecule has 0 unspecified atom stereocenters. The highest BCUT2D eigenvalue weighted by Crippen LogP contribution is 2.33. The number of nitrogens with zero attached hydrogens (tertiary/aromatic N) is 1. The van der Waals surface area contributed by atoms with Gasteiger partial charge in [0.25, 0.3) is 10.0 Å². The number of benzene rings is 2. The van der Waals surface area contributed by atoms with Crippen LogP contribution in [0.25, 0.3) is 0 Å². The first-order valence-electron chi connectivity index (χ1n) is 8.99. The van der Waals surface area contributed by atoms with Crippen LogP contribution in [0, 0.1) is 6.92 Å². The standard InChI is InChI=1S/C19H24N2O5S2/c1-4-27(22,23)21-11-5-6-15-8-9-16(13-17(15)21)20-28(24,25)19-12-14(2)7-10-18(19)26-3/h7-10,12-13,20H,4-6,11H2,1-3H3. The van der Waals surface area contributed by atoms with Gasteiger partial charge in [-0.25, -0.2) is 16.8 Å². The molecule has 0 radical (unpaired) electrons. The zero-order valence-corrected chi connectivity index (χ0v) is 17.7. The number of hydrogen-bond donors (Lipinski definition) is 1. The van der Waals surface area contributed by atoms with Gasteiger partial charge in [-0.15, -0.1) is 0 Å². The maximum Gasteiger partial charge on any atom is 0.265 e. The lowest BCUT2D eigenvalue weighted by Crippen LogP contribution is -2.36. The molecule has 0 saturated heterocycles. The van der Waals surface area contributed by atoms with Crippen molar-refractivity contribution in [3.63, 3.8) is 0 Å². The number of hydrogen-bond acceptors (Lipinski definition) is 5. The highest BCUT2D eigenvalue weighted by atomic mass is 32.2. The summed E-state index contributed by atoms with van der Waals surface area (Å²) in [5, 5.41) is 0. The van der Waals surface area contributed by atoms with Gasteiger partial charge in [-0.2, -0.15) is 0 Å². The van der Waals surface area contributed by atoms with Crippen LogP contribution >= 0.6 is 0 Å². The Labute approximate surface area is 166 Å². The second kappa shape index (κ2) is 7.63. The fourth-order valence-electron chi connectivity index (χ4n) is 3.25. The molecule has 0 aliphatic carbocycles. The molecule has 1 aliphatic rings. The summed E-state index contributed by atoms with van der Waals surface area (Å²) in [5.74, 6) is 0.231. The minimum absolute atomic E-state index is 0.0110. The number of nitrogens with one attached hydrogen (secondary N) is 1. The first-order valence-corrected chi connectivity index (χ1v) is 12.1. The molecule has 2 aromatic rings. The summed E-state index contributed by atoms with van der Waals surface area (Å²) in [6.45, 7) is 3.79. The molecule has 1 heterocycles. The molecule has 0 aromatic heterocycles. The lowest BCUT2D eigenvalue weighted by molar-refractivity contribution is 0.402. The van der Waals surface area contributed by atoms with Crippen LogP contribution in [0.4, 0.5) is 11.4 Å². The molecule has 0 amide bonds. The average molecular weight is 425 g/mol. The number of methoxy groups -OCH3 is 1. The van der Waals surface area contributed by atoms with E-state index in [2.05, 4.69) is 4.72 Å². The van der Waals surface area contributed by atoms with E-state index in [9.17, 15) is 16.8 Å². The van der Waals surface area contributed by atoms with Crippen molar-refractivity contribution >= 4 is 31.4 Å². The largest absolute Gasteiger partial charge is 0.495 e. The number of ether oxygens (including phenoxy) is 1. The third-order valence-corrected chi connectivity index (χ3v) is 7.91. The van der Waals surface area contributed by atoms with E-state index >= 15 is 0 Å². The Hall–Kier alpha value is -2.26. The van der Waals surface area contributed by atoms with Gasteiger partial charge < -0.3 is 4.74 Å². The third kappa shape index (κ3) is 3.95. The molecule has 7 nitrogen and oxygen atoms in total. The van der Waals surface area contributed by atoms with Crippen LogP contribution < -0.4 is 13.8 Å². The lowest BCUT2D eigenvalue weighted by Gasteiger charge is -2.30. The van der Waals surface area contributed by atoms with Gasteiger partial charge in [0, 0.05) is 6.54 Å². The van der Waals surface area contributed by atoms with Crippen LogP contribution in [0.2, 0.25) is 0 Å². The molecular weight excluding hydrogens is 400 g/mol. The number of sulfonamides is 2. The highest BCUT2D eigenvalue weighted by Gasteiger charge is 2.27. The molecule has 0 atom stereocenters. The van der Waals surface area contributed by atoms with Crippen molar-refractivity contribution in [2.45, 2.75) is 31.6 Å². The molecule has 0 fully saturated rings. The van der Waals surface area contributed by atoms with Crippen LogP contribution in [0.5, 0.6) is 5.75 Å². The Morgan fingerprint density at radius 1 is 1.11 bits per heavy atom. The molecule has 0 saturated carbocycles. The molecule has 0 spiro atoms. The van der Waals surface area contributed by atoms with E-state index in [1.807, 2.05) is 0 Å². The fraction of sp³-hybridized carbons (Fsp3) is 0.368. The van der Waals surface area contributed by atoms with E-state index in [-0.39, 0.29) is 16.4 Å². The quantitative estimate of drug-likeness (QED) is 0.770. The van der Waals surface area contributed by atoms with Crippen LogP contribution in [0.1, 0.15) is 24.5 Å². The van der Waals surface area contributed by atoms with Crippen LogP contribution in [0.3, 0.4) is 0 Å². The van der Waals surface area contributed by atoms with E-state index < -0.39 is 20.0 Å². The second-order valence-electron chi connectivity index (χ2n) is 6.68. The van der Waals surface area contributed by atoms with Gasteiger partial charge in [-0.1, -0.05) is 12.1 Å². The van der Waals surface area contributed by atoms with Gasteiger partial charge in [0.2, 0.25) is 10.0 Å². The molecule has 152 valence electrons. The summed E-state index contributed by atoms with van der Waals surface area (Å²) >= 11 is 0. The topological polar surface area (TPSA) is 92.8 Å². The van der Waals surface area contributed by atoms with Crippen LogP contribution in [0.15, 0.2) is 41.3 Å². The summed E-state index contributed by atoms with van der Waals surface area (Å²) < 4.78 is 59.8. The minimum atomic E-state index is -3.91. The van der Waals surface area contributed by atoms with E-state index in [4.69, 9.17) is 4.74 Å². The lowest BCUT2D eigenvalue weighted by atomic mass is 10.0. The van der Waals surface area contributed by atoms with Crippen molar-refractivity contribution in [3.05, 3.63) is 47.5 Å². The average Bonchev–Trinajstić information content (AvgIpc) is 2.67. The SMILES string of the molecule is CCS(=O)(=O)N1CCCc2ccc(NS(=O)(=O)c3cc(C)ccc3OC)cc21. The van der Waals surface area contributed by atoms with E-state index in [1.54, 1.807) is 44.2 Å². The highest BCUT2D eigenvalue weighted by molar-refractivity contribution is 7.93. The smallest absolute Gasteiger partial charge is 0.265 e. The molecule has 9 heteroatoms. The molecular formula is C19H24N2O5S2. The second-order valence-corrected chi connectivity index (χ2v) is 10.5. The Morgan fingerprint density at radius 3 is 2.54 bits per heavy atom. The Morgan fingerprint density at radius 2 is 1.86 bits per heavy atom. The predicted octanol–water partition coefficient (Wildman–Crippen LogP) is 2.91. The monoisotopic (exact) mass is 424 g/mol. The van der Waals surface area contributed by atoms with Crippen molar-refractivity contribution in [2.75, 3.05) is 28.4 Å². The van der Waals surface area contributed by atoms with Gasteiger partial charge in [0.15, 0.2) is 0 Å². The van der Waals surface area contributed by atoms with Crippen LogP contribution in [-0.2, 0) is 26.5 Å². The van der Waals surface area contributed by atoms with E-state index in [0.717, 1.165) is 24.0 Å².